The molecule has 2 saturated carbocycles. The normalized spacial score (nSPS) is 23.6. The second kappa shape index (κ2) is 8.18. The quantitative estimate of drug-likeness (QED) is 0.546. The summed E-state index contributed by atoms with van der Waals surface area (Å²) in [6.45, 7) is 0. The minimum atomic E-state index is -1.63. The van der Waals surface area contributed by atoms with Crippen molar-refractivity contribution in [2.75, 3.05) is 0 Å². The molecule has 0 radical (unpaired) electrons. The number of hydrogen-bond acceptors (Lipinski definition) is 0. The number of allylic oxidation sites excluding steroid dienone is 2. The van der Waals surface area contributed by atoms with Crippen LogP contribution in [0.2, 0.25) is 0 Å². The molecule has 0 spiro atoms. The zero-order chi connectivity index (χ0) is 12.8. The van der Waals surface area contributed by atoms with Gasteiger partial charge in [0.2, 0.25) is 0 Å². The van der Waals surface area contributed by atoms with Gasteiger partial charge in [-0.3, -0.25) is 0 Å². The fourth-order valence-corrected chi connectivity index (χ4v) is 4.67. The molecule has 0 amide bonds. The second-order valence-electron chi connectivity index (χ2n) is 5.66. The van der Waals surface area contributed by atoms with E-state index >= 15 is 0 Å². The zero-order valence-electron chi connectivity index (χ0n) is 11.0. The minimum absolute atomic E-state index is 0.833. The van der Waals surface area contributed by atoms with Crippen molar-refractivity contribution in [3.05, 3.63) is 11.6 Å². The molecule has 0 unspecified atom stereocenters. The average molecular weight is 376 g/mol. The monoisotopic (exact) mass is 376 g/mol. The molecule has 0 atom stereocenters. The van der Waals surface area contributed by atoms with Crippen LogP contribution in [0.25, 0.3) is 0 Å². The van der Waals surface area contributed by atoms with Crippen LogP contribution in [-0.2, 0) is 13.5 Å². The van der Waals surface area contributed by atoms with Gasteiger partial charge in [0.15, 0.2) is 0 Å². The van der Waals surface area contributed by atoms with Crippen LogP contribution in [0.3, 0.4) is 0 Å². The molecule has 0 heterocycles. The Kier molecular flexibility index (Phi) is 6.91. The second-order valence-corrected chi connectivity index (χ2v) is 11.5. The summed E-state index contributed by atoms with van der Waals surface area (Å²) in [5.41, 5.74) is 1.70. The van der Waals surface area contributed by atoms with E-state index in [0.29, 0.717) is 0 Å². The predicted octanol–water partition coefficient (Wildman–Crippen LogP) is 5.80. The van der Waals surface area contributed by atoms with Crippen LogP contribution in [0.15, 0.2) is 11.6 Å². The van der Waals surface area contributed by atoms with Gasteiger partial charge in [0.25, 0.3) is 0 Å². The first-order chi connectivity index (χ1) is 8.77. The molecule has 0 aromatic carbocycles. The van der Waals surface area contributed by atoms with Crippen LogP contribution in [-0.4, -0.2) is 4.61 Å². The fraction of sp³-hybridized carbons (Fsp3) is 0.800. The third kappa shape index (κ3) is 4.73. The molecular weight excluding hydrogens is 352 g/mol. The zero-order valence-corrected chi connectivity index (χ0v) is 14.2. The van der Waals surface area contributed by atoms with E-state index in [9.17, 15) is 0 Å². The van der Waals surface area contributed by atoms with Gasteiger partial charge in [0, 0.05) is 0 Å². The summed E-state index contributed by atoms with van der Waals surface area (Å²) in [6.07, 6.45) is 16.4. The van der Waals surface area contributed by atoms with E-state index in [-0.39, 0.29) is 0 Å². The third-order valence-electron chi connectivity index (χ3n) is 4.49. The Bertz CT molecular complexity index is 286. The first kappa shape index (κ1) is 15.2. The molecule has 0 aliphatic heterocycles. The fourth-order valence-electron chi connectivity index (χ4n) is 3.59. The van der Waals surface area contributed by atoms with Gasteiger partial charge in [-0.15, -0.1) is 0 Å². The van der Waals surface area contributed by atoms with Gasteiger partial charge in [0.1, 0.15) is 0 Å². The van der Waals surface area contributed by atoms with Crippen LogP contribution in [0.4, 0.5) is 0 Å². The Morgan fingerprint density at radius 3 is 1.61 bits per heavy atom. The molecular formula is C15H24Cl2Ru. The van der Waals surface area contributed by atoms with Gasteiger partial charge in [-0.25, -0.2) is 0 Å². The van der Waals surface area contributed by atoms with Crippen molar-refractivity contribution in [1.82, 2.24) is 0 Å². The topological polar surface area (TPSA) is 0 Å². The predicted molar refractivity (Wildman–Crippen MR) is 79.0 cm³/mol. The van der Waals surface area contributed by atoms with Gasteiger partial charge in [-0.2, -0.15) is 0 Å². The molecule has 2 aliphatic rings. The summed E-state index contributed by atoms with van der Waals surface area (Å²) in [4.78, 5) is 0. The molecule has 0 aromatic heterocycles. The van der Waals surface area contributed by atoms with Crippen molar-refractivity contribution in [3.63, 3.8) is 0 Å². The van der Waals surface area contributed by atoms with E-state index in [2.05, 4.69) is 10.7 Å². The molecule has 0 nitrogen and oxygen atoms in total. The Morgan fingerprint density at radius 2 is 1.22 bits per heavy atom. The Hall–Kier alpha value is 0.813. The molecule has 2 rings (SSSR count). The van der Waals surface area contributed by atoms with Crippen LogP contribution in [0.1, 0.15) is 64.2 Å². The molecule has 2 aliphatic carbocycles. The van der Waals surface area contributed by atoms with Gasteiger partial charge >= 0.3 is 125 Å². The van der Waals surface area contributed by atoms with E-state index in [0.717, 1.165) is 11.8 Å². The summed E-state index contributed by atoms with van der Waals surface area (Å²) < 4.78 is 2.12. The molecule has 0 N–H and O–H groups in total. The molecule has 18 heavy (non-hydrogen) atoms. The Balaban J connectivity index is 2.10. The maximum absolute atomic E-state index is 6.01. The van der Waals surface area contributed by atoms with Crippen molar-refractivity contribution in [2.45, 2.75) is 64.2 Å². The van der Waals surface area contributed by atoms with Gasteiger partial charge in [-0.1, -0.05) is 0 Å². The van der Waals surface area contributed by atoms with Crippen molar-refractivity contribution in [3.8, 4) is 0 Å². The molecule has 2 fully saturated rings. The number of hydrogen-bond donors (Lipinski definition) is 0. The van der Waals surface area contributed by atoms with E-state index < -0.39 is 13.5 Å². The summed E-state index contributed by atoms with van der Waals surface area (Å²) >= 11 is -1.63. The van der Waals surface area contributed by atoms with Gasteiger partial charge in [0.05, 0.1) is 0 Å². The van der Waals surface area contributed by atoms with Crippen molar-refractivity contribution in [2.24, 2.45) is 11.8 Å². The summed E-state index contributed by atoms with van der Waals surface area (Å²) in [6, 6.07) is 0. The Morgan fingerprint density at radius 1 is 0.778 bits per heavy atom. The third-order valence-corrected chi connectivity index (χ3v) is 6.28. The molecule has 0 saturated heterocycles. The van der Waals surface area contributed by atoms with Crippen molar-refractivity contribution < 1.29 is 13.5 Å². The average Bonchev–Trinajstić information content (AvgIpc) is 2.41. The first-order valence-corrected chi connectivity index (χ1v) is 12.8. The summed E-state index contributed by atoms with van der Waals surface area (Å²) in [5, 5.41) is 0. The van der Waals surface area contributed by atoms with Crippen LogP contribution >= 0.6 is 19.4 Å². The van der Waals surface area contributed by atoms with Crippen LogP contribution < -0.4 is 0 Å². The van der Waals surface area contributed by atoms with Crippen molar-refractivity contribution in [1.29, 1.82) is 0 Å². The summed E-state index contributed by atoms with van der Waals surface area (Å²) in [5.74, 6) is 1.67. The number of halogens is 2. The molecule has 0 bridgehead atoms. The molecule has 106 valence electrons. The van der Waals surface area contributed by atoms with Crippen LogP contribution in [0, 0.1) is 11.8 Å². The van der Waals surface area contributed by atoms with Crippen LogP contribution in [0.5, 0.6) is 0 Å². The van der Waals surface area contributed by atoms with Gasteiger partial charge < -0.3 is 0 Å². The standard InChI is InChI=1S/C15H24.2ClH.Ru/c1-2-15(13-9-5-3-6-10-13)14-11-7-4-8-12-14;;;/h1-2,13-14H,3-12H2;2*1H;/q;;;+2/p-2. The molecule has 3 heteroatoms. The molecule has 0 aromatic rings. The van der Waals surface area contributed by atoms with Gasteiger partial charge in [-0.05, 0) is 0 Å². The Labute approximate surface area is 125 Å². The summed E-state index contributed by atoms with van der Waals surface area (Å²) in [7, 11) is 12.0. The maximum atomic E-state index is 6.01. The SMILES string of the molecule is [Cl][Ru]([Cl])=[CH]C=C(C1CCCCC1)C1CCCCC1. The van der Waals surface area contributed by atoms with E-state index in [1.165, 1.54) is 64.2 Å². The van der Waals surface area contributed by atoms with E-state index in [4.69, 9.17) is 19.4 Å². The van der Waals surface area contributed by atoms with E-state index in [1.54, 1.807) is 5.57 Å². The number of rotatable bonds is 3. The first-order valence-electron chi connectivity index (χ1n) is 7.30. The van der Waals surface area contributed by atoms with E-state index in [1.807, 2.05) is 0 Å². The van der Waals surface area contributed by atoms with Crippen molar-refractivity contribution >= 4 is 24.0 Å².